The van der Waals surface area contributed by atoms with Gasteiger partial charge in [-0.2, -0.15) is 0 Å². The van der Waals surface area contributed by atoms with Gasteiger partial charge < -0.3 is 19.1 Å². The van der Waals surface area contributed by atoms with Crippen LogP contribution >= 0.6 is 24.0 Å². The average Bonchev–Trinajstić information content (AvgIpc) is 3.17. The second-order valence-electron chi connectivity index (χ2n) is 13.6. The van der Waals surface area contributed by atoms with Gasteiger partial charge in [0.2, 0.25) is 11.8 Å². The van der Waals surface area contributed by atoms with Crippen LogP contribution in [0.5, 0.6) is 23.1 Å². The van der Waals surface area contributed by atoms with E-state index in [-0.39, 0.29) is 24.1 Å². The molecule has 2 heterocycles. The van der Waals surface area contributed by atoms with Crippen LogP contribution in [0.15, 0.2) is 109 Å². The maximum Gasteiger partial charge on any atom is 0.246 e. The predicted octanol–water partition coefficient (Wildman–Crippen LogP) is 10.1. The Morgan fingerprint density at radius 3 is 2.17 bits per heavy atom. The summed E-state index contributed by atoms with van der Waals surface area (Å²) in [5, 5.41) is 0.415. The zero-order valence-electron chi connectivity index (χ0n) is 30.8. The Kier molecular flexibility index (Phi) is 14.5. The summed E-state index contributed by atoms with van der Waals surface area (Å²) in [5.41, 5.74) is 6.30. The van der Waals surface area contributed by atoms with Crippen molar-refractivity contribution in [2.45, 2.75) is 46.3 Å². The number of amides is 1. The van der Waals surface area contributed by atoms with Gasteiger partial charge in [0.05, 0.1) is 17.8 Å². The van der Waals surface area contributed by atoms with Crippen LogP contribution in [0.3, 0.4) is 0 Å². The van der Waals surface area contributed by atoms with Gasteiger partial charge in [-0.3, -0.25) is 9.69 Å². The first-order chi connectivity index (χ1) is 25.7. The molecule has 1 amide bonds. The fraction of sp³-hybridized carbons (Fsp3) is 0.273. The molecule has 0 N–H and O–H groups in total. The molecule has 0 radical (unpaired) electrons. The van der Waals surface area contributed by atoms with Crippen molar-refractivity contribution in [2.24, 2.45) is 0 Å². The summed E-state index contributed by atoms with van der Waals surface area (Å²) in [6.45, 7) is 11.1. The number of pyridine rings is 1. The summed E-state index contributed by atoms with van der Waals surface area (Å²) in [7, 11) is 0. The minimum Gasteiger partial charge on any atom is -0.493 e. The molecule has 1 saturated heterocycles. The highest BCUT2D eigenvalue weighted by molar-refractivity contribution is 6.32. The number of ether oxygens (including phenoxy) is 3. The van der Waals surface area contributed by atoms with Crippen molar-refractivity contribution in [1.82, 2.24) is 14.8 Å². The third kappa shape index (κ3) is 11.6. The topological polar surface area (TPSA) is 64.1 Å². The van der Waals surface area contributed by atoms with E-state index in [1.54, 1.807) is 48.7 Å². The first-order valence-corrected chi connectivity index (χ1v) is 18.4. The molecule has 6 rings (SSSR count). The molecular formula is C44H46Cl2FN3O4. The van der Waals surface area contributed by atoms with Crippen molar-refractivity contribution >= 4 is 36.0 Å². The van der Waals surface area contributed by atoms with Crippen LogP contribution in [0.1, 0.15) is 53.1 Å². The van der Waals surface area contributed by atoms with E-state index in [4.69, 9.17) is 25.8 Å². The van der Waals surface area contributed by atoms with Crippen LogP contribution in [0.2, 0.25) is 5.02 Å². The van der Waals surface area contributed by atoms with E-state index in [0.717, 1.165) is 48.5 Å². The number of rotatable bonds is 14. The van der Waals surface area contributed by atoms with Crippen molar-refractivity contribution in [3.8, 4) is 23.1 Å². The van der Waals surface area contributed by atoms with E-state index in [9.17, 15) is 9.18 Å². The van der Waals surface area contributed by atoms with Gasteiger partial charge in [0.15, 0.2) is 5.75 Å². The Morgan fingerprint density at radius 2 is 1.52 bits per heavy atom. The van der Waals surface area contributed by atoms with Crippen molar-refractivity contribution in [2.75, 3.05) is 32.8 Å². The number of carbonyl (C=O) groups is 1. The molecule has 0 unspecified atom stereocenters. The lowest BCUT2D eigenvalue weighted by atomic mass is 10.0. The van der Waals surface area contributed by atoms with Gasteiger partial charge >= 0.3 is 0 Å². The number of benzene rings is 4. The largest absolute Gasteiger partial charge is 0.493 e. The first kappa shape index (κ1) is 40.3. The highest BCUT2D eigenvalue weighted by atomic mass is 35.5. The summed E-state index contributed by atoms with van der Waals surface area (Å²) < 4.78 is 30.8. The summed E-state index contributed by atoms with van der Waals surface area (Å²) in [6.07, 6.45) is 5.82. The molecule has 1 aliphatic rings. The zero-order valence-corrected chi connectivity index (χ0v) is 32.4. The number of halogens is 3. The Bertz CT molecular complexity index is 1960. The molecule has 1 aliphatic heterocycles. The smallest absolute Gasteiger partial charge is 0.246 e. The van der Waals surface area contributed by atoms with Crippen LogP contribution < -0.4 is 14.2 Å². The molecule has 282 valence electrons. The SMILES string of the molecule is Cc1cc(C=CC(=O)N2CCN(Cc3ccc(CCOc4ccc(C(C)C)cc4)cc3)CC2)cc(Cl)c1Oc1ccc(OCc2ccc(F)cc2)cn1.Cl. The minimum absolute atomic E-state index is 0. The zero-order chi connectivity index (χ0) is 37.2. The minimum atomic E-state index is -0.288. The van der Waals surface area contributed by atoms with Gasteiger partial charge in [-0.1, -0.05) is 74.0 Å². The van der Waals surface area contributed by atoms with E-state index in [0.29, 0.717) is 54.6 Å². The van der Waals surface area contributed by atoms with Crippen LogP contribution in [-0.4, -0.2) is 53.5 Å². The van der Waals surface area contributed by atoms with Crippen molar-refractivity contribution in [3.05, 3.63) is 154 Å². The third-order valence-electron chi connectivity index (χ3n) is 9.22. The molecule has 0 atom stereocenters. The van der Waals surface area contributed by atoms with E-state index in [1.165, 1.54) is 28.8 Å². The van der Waals surface area contributed by atoms with Gasteiger partial charge in [0.1, 0.15) is 23.9 Å². The highest BCUT2D eigenvalue weighted by Crippen LogP contribution is 2.34. The Labute approximate surface area is 328 Å². The lowest BCUT2D eigenvalue weighted by Crippen LogP contribution is -2.47. The van der Waals surface area contributed by atoms with Crippen molar-refractivity contribution < 1.29 is 23.4 Å². The second kappa shape index (κ2) is 19.4. The molecule has 0 spiro atoms. The molecule has 0 aliphatic carbocycles. The Balaban J connectivity index is 0.00000561. The molecule has 10 heteroatoms. The predicted molar refractivity (Wildman–Crippen MR) is 216 cm³/mol. The number of hydrogen-bond acceptors (Lipinski definition) is 6. The normalized spacial score (nSPS) is 13.2. The maximum atomic E-state index is 13.1. The first-order valence-electron chi connectivity index (χ1n) is 18.0. The van der Waals surface area contributed by atoms with E-state index < -0.39 is 0 Å². The summed E-state index contributed by atoms with van der Waals surface area (Å²) >= 11 is 6.61. The van der Waals surface area contributed by atoms with Crippen LogP contribution in [0.4, 0.5) is 4.39 Å². The number of piperazine rings is 1. The molecule has 5 aromatic rings. The van der Waals surface area contributed by atoms with Crippen LogP contribution in [0.25, 0.3) is 6.08 Å². The standard InChI is InChI=1S/C44H45ClFN3O4.ClH/c1-31(2)37-11-15-39(16-12-37)51-25-20-33-4-6-34(7-5-33)29-48-21-23-49(24-22-48)43(50)19-10-36-26-32(3)44(41(45)27-36)53-42-18-17-40(28-47-42)52-30-35-8-13-38(46)14-9-35;/h4-19,26-28,31H,20-25,29-30H2,1-3H3;1H. The third-order valence-corrected chi connectivity index (χ3v) is 9.50. The molecule has 54 heavy (non-hydrogen) atoms. The van der Waals surface area contributed by atoms with Gasteiger partial charge in [-0.25, -0.2) is 9.37 Å². The number of nitrogens with zero attached hydrogens (tertiary/aromatic N) is 3. The lowest BCUT2D eigenvalue weighted by molar-refractivity contribution is -0.127. The van der Waals surface area contributed by atoms with E-state index in [2.05, 4.69) is 60.1 Å². The lowest BCUT2D eigenvalue weighted by Gasteiger charge is -2.34. The summed E-state index contributed by atoms with van der Waals surface area (Å²) in [4.78, 5) is 21.7. The van der Waals surface area contributed by atoms with Gasteiger partial charge in [-0.05, 0) is 94.8 Å². The quantitative estimate of drug-likeness (QED) is 0.105. The molecule has 7 nitrogen and oxygen atoms in total. The Hall–Kier alpha value is -4.89. The Morgan fingerprint density at radius 1 is 0.852 bits per heavy atom. The van der Waals surface area contributed by atoms with E-state index >= 15 is 0 Å². The van der Waals surface area contributed by atoms with Crippen molar-refractivity contribution in [3.63, 3.8) is 0 Å². The molecule has 1 fully saturated rings. The van der Waals surface area contributed by atoms with Gasteiger partial charge in [-0.15, -0.1) is 12.4 Å². The second-order valence-corrected chi connectivity index (χ2v) is 14.0. The molecule has 0 bridgehead atoms. The summed E-state index contributed by atoms with van der Waals surface area (Å²) in [5.74, 6) is 2.53. The molecule has 0 saturated carbocycles. The monoisotopic (exact) mass is 769 g/mol. The number of aryl methyl sites for hydroxylation is 1. The fourth-order valence-corrected chi connectivity index (χ4v) is 6.37. The van der Waals surface area contributed by atoms with Gasteiger partial charge in [0, 0.05) is 51.3 Å². The van der Waals surface area contributed by atoms with Crippen LogP contribution in [0, 0.1) is 12.7 Å². The number of carbonyl (C=O) groups excluding carboxylic acids is 1. The molecule has 1 aromatic heterocycles. The average molecular weight is 771 g/mol. The van der Waals surface area contributed by atoms with E-state index in [1.807, 2.05) is 30.0 Å². The summed E-state index contributed by atoms with van der Waals surface area (Å²) in [6, 6.07) is 30.4. The highest BCUT2D eigenvalue weighted by Gasteiger charge is 2.20. The number of hydrogen-bond donors (Lipinski definition) is 0. The molecule has 4 aromatic carbocycles. The van der Waals surface area contributed by atoms with Gasteiger partial charge in [0.25, 0.3) is 0 Å². The maximum absolute atomic E-state index is 13.1. The molecular weight excluding hydrogens is 724 g/mol. The fourth-order valence-electron chi connectivity index (χ4n) is 6.05. The number of aromatic nitrogens is 1. The van der Waals surface area contributed by atoms with Crippen LogP contribution in [-0.2, 0) is 24.4 Å². The van der Waals surface area contributed by atoms with Crippen molar-refractivity contribution in [1.29, 1.82) is 0 Å².